The van der Waals surface area contributed by atoms with Gasteiger partial charge in [0.05, 0.1) is 21.3 Å². The van der Waals surface area contributed by atoms with Crippen molar-refractivity contribution in [1.82, 2.24) is 0 Å². The maximum atomic E-state index is 13.7. The molecule has 1 aliphatic heterocycles. The fourth-order valence-corrected chi connectivity index (χ4v) is 5.79. The van der Waals surface area contributed by atoms with Gasteiger partial charge in [-0.1, -0.05) is 41.9 Å². The Bertz CT molecular complexity index is 2750. The first-order chi connectivity index (χ1) is 26.6. The number of carbonyl (C=O) groups is 3. The smallest absolute Gasteiger partial charge is 0.303 e. The van der Waals surface area contributed by atoms with Crippen LogP contribution in [0.25, 0.3) is 0 Å². The van der Waals surface area contributed by atoms with Crippen LogP contribution in [0, 0.1) is 107 Å². The van der Waals surface area contributed by atoms with Gasteiger partial charge in [-0.25, -0.2) is 8.42 Å². The monoisotopic (exact) mass is 759 g/mol. The number of benzene rings is 3. The minimum atomic E-state index is -4.28. The third-order valence-corrected chi connectivity index (χ3v) is 8.39. The Morgan fingerprint density at radius 3 is 1.98 bits per heavy atom. The van der Waals surface area contributed by atoms with Crippen molar-refractivity contribution in [1.29, 1.82) is 0 Å². The molecule has 12 heteroatoms. The van der Waals surface area contributed by atoms with E-state index in [9.17, 15) is 22.8 Å². The predicted molar refractivity (Wildman–Crippen MR) is 207 cm³/mol. The molecule has 0 fully saturated rings. The van der Waals surface area contributed by atoms with Crippen LogP contribution in [0.3, 0.4) is 0 Å². The number of hydrogen-bond acceptors (Lipinski definition) is 7. The number of hydrogen-bond donors (Lipinski definition) is 2. The van der Waals surface area contributed by atoms with Gasteiger partial charge in [0.2, 0.25) is 0 Å². The molecular weight excluding hydrogens is 738 g/mol. The molecule has 10 nitrogen and oxygen atoms in total. The summed E-state index contributed by atoms with van der Waals surface area (Å²) in [5.41, 5.74) is 1.32. The van der Waals surface area contributed by atoms with Gasteiger partial charge in [-0.2, -0.15) is 0 Å². The number of anilines is 3. The zero-order chi connectivity index (χ0) is 39.5. The van der Waals surface area contributed by atoms with E-state index >= 15 is 0 Å². The van der Waals surface area contributed by atoms with Crippen LogP contribution < -0.4 is 19.7 Å². The van der Waals surface area contributed by atoms with Gasteiger partial charge < -0.3 is 19.7 Å². The zero-order valence-corrected chi connectivity index (χ0v) is 30.1. The summed E-state index contributed by atoms with van der Waals surface area (Å²) in [6.45, 7) is 1.29. The molecule has 0 radical (unpaired) electrons. The number of nitrogens with zero attached hydrogens (tertiary/aromatic N) is 1. The second kappa shape index (κ2) is 20.1. The molecule has 3 aromatic rings. The van der Waals surface area contributed by atoms with Crippen LogP contribution in [0.1, 0.15) is 12.5 Å². The summed E-state index contributed by atoms with van der Waals surface area (Å²) >= 11 is 6.15. The van der Waals surface area contributed by atoms with Crippen molar-refractivity contribution in [2.24, 2.45) is 0 Å². The summed E-state index contributed by atoms with van der Waals surface area (Å²) in [7, 11) is -4.28. The second-order valence-electron chi connectivity index (χ2n) is 10.3. The van der Waals surface area contributed by atoms with Crippen LogP contribution in [0.2, 0.25) is 5.02 Å². The van der Waals surface area contributed by atoms with E-state index in [0.717, 1.165) is 18.6 Å². The predicted octanol–water partition coefficient (Wildman–Crippen LogP) is 3.60. The van der Waals surface area contributed by atoms with Crippen LogP contribution in [-0.4, -0.2) is 38.9 Å². The van der Waals surface area contributed by atoms with Gasteiger partial charge in [0.1, 0.15) is 6.11 Å². The van der Waals surface area contributed by atoms with Gasteiger partial charge >= 0.3 is 5.97 Å². The molecule has 1 unspecified atom stereocenters. The van der Waals surface area contributed by atoms with Crippen molar-refractivity contribution in [2.45, 2.75) is 24.3 Å². The number of rotatable bonds is 8. The molecule has 0 bridgehead atoms. The molecule has 1 heterocycles. The fourth-order valence-electron chi connectivity index (χ4n) is 4.45. The van der Waals surface area contributed by atoms with Gasteiger partial charge in [0.25, 0.3) is 27.9 Å². The lowest BCUT2D eigenvalue weighted by Crippen LogP contribution is -2.47. The van der Waals surface area contributed by atoms with E-state index in [4.69, 9.17) is 27.5 Å². The quantitative estimate of drug-likeness (QED) is 0.204. The van der Waals surface area contributed by atoms with Crippen LogP contribution in [0.5, 0.6) is 5.75 Å². The number of nitrogens with one attached hydrogen (secondary N) is 2. The standard InChI is InChI=1S/C43H22ClN3O7S/c1-3-4-5-6-7-8-9-10-11-12-13-14-15-16-17-22-31-53-40-28-27-35(55(51,52)46-37-25-20-19-24-36(37)44)32-38(40)45-42(49)41(54-33(2)48)43(50)47-30-29-34-23-18-21-26-39(34)47/h1,18-21,23-28,32,41,46H,29-30H2,2H3,(H,45,49). The highest BCUT2D eigenvalue weighted by molar-refractivity contribution is 7.92. The van der Waals surface area contributed by atoms with E-state index in [1.807, 2.05) is 12.1 Å². The molecule has 0 aromatic heterocycles. The summed E-state index contributed by atoms with van der Waals surface area (Å²) in [6.07, 6.45) is 5.88. The van der Waals surface area contributed by atoms with Gasteiger partial charge in [-0.05, 0) is 95.7 Å². The summed E-state index contributed by atoms with van der Waals surface area (Å²) in [6, 6.07) is 16.8. The summed E-state index contributed by atoms with van der Waals surface area (Å²) in [4.78, 5) is 40.3. The van der Waals surface area contributed by atoms with Crippen LogP contribution in [-0.2, 0) is 35.6 Å². The Morgan fingerprint density at radius 2 is 1.36 bits per heavy atom. The largest absolute Gasteiger partial charge is 0.442 e. The Labute approximate surface area is 323 Å². The summed E-state index contributed by atoms with van der Waals surface area (Å²) in [5, 5.41) is 2.60. The van der Waals surface area contributed by atoms with Crippen LogP contribution >= 0.6 is 11.6 Å². The van der Waals surface area contributed by atoms with E-state index in [2.05, 4.69) is 111 Å². The average molecular weight is 760 g/mol. The number of halogens is 1. The van der Waals surface area contributed by atoms with E-state index in [-0.39, 0.29) is 33.6 Å². The molecule has 4 rings (SSSR count). The highest BCUT2D eigenvalue weighted by Crippen LogP contribution is 2.32. The van der Waals surface area contributed by atoms with Gasteiger partial charge in [0, 0.05) is 66.5 Å². The lowest BCUT2D eigenvalue weighted by atomic mass is 10.2. The number of sulfonamides is 1. The molecule has 2 amide bonds. The number of fused-ring (bicyclic) bond motifs is 1. The minimum Gasteiger partial charge on any atom is -0.442 e. The molecular formula is C43H22ClN3O7S. The van der Waals surface area contributed by atoms with Crippen molar-refractivity contribution < 1.29 is 32.3 Å². The fraction of sp³-hybridized carbons (Fsp3) is 0.0930. The zero-order valence-electron chi connectivity index (χ0n) is 28.5. The first kappa shape index (κ1) is 39.7. The van der Waals surface area contributed by atoms with Crippen molar-refractivity contribution in [3.8, 4) is 113 Å². The Balaban J connectivity index is 1.57. The topological polar surface area (TPSA) is 131 Å². The Morgan fingerprint density at radius 1 is 0.782 bits per heavy atom. The Kier molecular flexibility index (Phi) is 14.5. The molecule has 0 saturated heterocycles. The number of terminal acetylenes is 1. The normalized spacial score (nSPS) is 10.4. The van der Waals surface area contributed by atoms with Crippen molar-refractivity contribution in [2.75, 3.05) is 21.5 Å². The van der Waals surface area contributed by atoms with Crippen LogP contribution in [0.15, 0.2) is 71.6 Å². The highest BCUT2D eigenvalue weighted by atomic mass is 35.5. The lowest BCUT2D eigenvalue weighted by molar-refractivity contribution is -0.157. The minimum absolute atomic E-state index is 0.104. The molecule has 264 valence electrons. The second-order valence-corrected chi connectivity index (χ2v) is 12.4. The molecule has 0 aliphatic carbocycles. The molecule has 1 atom stereocenters. The molecule has 3 aromatic carbocycles. The van der Waals surface area contributed by atoms with Crippen molar-refractivity contribution >= 4 is 56.5 Å². The van der Waals surface area contributed by atoms with Crippen molar-refractivity contribution in [3.63, 3.8) is 0 Å². The average Bonchev–Trinajstić information content (AvgIpc) is 3.60. The third-order valence-electron chi connectivity index (χ3n) is 6.70. The molecule has 55 heavy (non-hydrogen) atoms. The van der Waals surface area contributed by atoms with Crippen LogP contribution in [0.4, 0.5) is 17.1 Å². The SMILES string of the molecule is C#CC#CC#CC#CC#CC#CC#CC#CC#COc1ccc(S(=O)(=O)Nc2ccccc2Cl)cc1NC(=O)C(OC(C)=O)C(=O)N1CCc2ccccc21. The van der Waals surface area contributed by atoms with E-state index in [1.165, 1.54) is 29.2 Å². The number of esters is 1. The highest BCUT2D eigenvalue weighted by Gasteiger charge is 2.37. The van der Waals surface area contributed by atoms with Gasteiger partial charge in [-0.15, -0.1) is 6.42 Å². The maximum Gasteiger partial charge on any atom is 0.303 e. The van der Waals surface area contributed by atoms with Crippen molar-refractivity contribution in [3.05, 3.63) is 77.3 Å². The molecule has 2 N–H and O–H groups in total. The van der Waals surface area contributed by atoms with E-state index in [1.54, 1.807) is 24.3 Å². The summed E-state index contributed by atoms with van der Waals surface area (Å²) in [5.74, 6) is 35.7. The Hall–Kier alpha value is -8.05. The number of carbonyl (C=O) groups excluding carboxylic acids is 3. The molecule has 1 aliphatic rings. The third kappa shape index (κ3) is 12.0. The maximum absolute atomic E-state index is 13.7. The van der Waals surface area contributed by atoms with Gasteiger partial charge in [0.15, 0.2) is 5.75 Å². The van der Waals surface area contributed by atoms with E-state index < -0.39 is 33.9 Å². The molecule has 0 spiro atoms. The lowest BCUT2D eigenvalue weighted by Gasteiger charge is -2.23. The first-order valence-corrected chi connectivity index (χ1v) is 17.4. The number of ether oxygens (including phenoxy) is 2. The summed E-state index contributed by atoms with van der Waals surface area (Å²) < 4.78 is 39.8. The van der Waals surface area contributed by atoms with Gasteiger partial charge in [-0.3, -0.25) is 19.1 Å². The molecule has 0 saturated carbocycles. The van der Waals surface area contributed by atoms with E-state index in [0.29, 0.717) is 12.1 Å². The number of para-hydroxylation sites is 2. The number of amides is 2. The first-order valence-electron chi connectivity index (χ1n) is 15.5.